The van der Waals surface area contributed by atoms with Crippen LogP contribution < -0.4 is 9.80 Å². The smallest absolute Gasteiger partial charge is 0.238 e. The molecular formula is C39H38N2O4. The number of amides is 4. The Morgan fingerprint density at radius 2 is 1.18 bits per heavy atom. The van der Waals surface area contributed by atoms with Crippen LogP contribution in [0.5, 0.6) is 0 Å². The lowest BCUT2D eigenvalue weighted by atomic mass is 9.80. The molecule has 2 aromatic carbocycles. The maximum absolute atomic E-state index is 13.5. The first-order valence-corrected chi connectivity index (χ1v) is 16.5. The average Bonchev–Trinajstić information content (AvgIpc) is 3.88. The molecule has 6 aliphatic rings. The number of hydrogen-bond acceptors (Lipinski definition) is 4. The first-order chi connectivity index (χ1) is 21.9. The number of carbonyl (C=O) groups excluding carboxylic acids is 4. The molecule has 6 nitrogen and oxygen atoms in total. The van der Waals surface area contributed by atoms with E-state index >= 15 is 0 Å². The summed E-state index contributed by atoms with van der Waals surface area (Å²) in [5.74, 6) is -0.237. The Bertz CT molecular complexity index is 1590. The van der Waals surface area contributed by atoms with E-state index in [-0.39, 0.29) is 71.0 Å². The Kier molecular flexibility index (Phi) is 6.66. The predicted molar refractivity (Wildman–Crippen MR) is 173 cm³/mol. The van der Waals surface area contributed by atoms with Gasteiger partial charge in [0.15, 0.2) is 0 Å². The van der Waals surface area contributed by atoms with Gasteiger partial charge in [-0.1, -0.05) is 60.2 Å². The quantitative estimate of drug-likeness (QED) is 0.233. The minimum Gasteiger partial charge on any atom is -0.274 e. The number of anilines is 2. The summed E-state index contributed by atoms with van der Waals surface area (Å²) in [5, 5.41) is 0. The van der Waals surface area contributed by atoms with Crippen LogP contribution in [0, 0.1) is 53.3 Å². The van der Waals surface area contributed by atoms with Gasteiger partial charge in [0.2, 0.25) is 23.6 Å². The van der Waals surface area contributed by atoms with E-state index < -0.39 is 0 Å². The number of nitrogens with zero attached hydrogens (tertiary/aromatic N) is 2. The van der Waals surface area contributed by atoms with Gasteiger partial charge in [0.1, 0.15) is 0 Å². The molecule has 8 unspecified atom stereocenters. The number of hydrogen-bond donors (Lipinski definition) is 0. The normalized spacial score (nSPS) is 33.8. The molecule has 0 radical (unpaired) electrons. The van der Waals surface area contributed by atoms with Crippen LogP contribution in [0.3, 0.4) is 0 Å². The van der Waals surface area contributed by atoms with Crippen molar-refractivity contribution in [2.75, 3.05) is 9.80 Å². The lowest BCUT2D eigenvalue weighted by Gasteiger charge is -2.22. The molecule has 4 fully saturated rings. The second-order valence-corrected chi connectivity index (χ2v) is 13.8. The van der Waals surface area contributed by atoms with Crippen molar-refractivity contribution in [3.63, 3.8) is 0 Å². The fraction of sp³-hybridized carbons (Fsp3) is 0.385. The summed E-state index contributed by atoms with van der Waals surface area (Å²) in [7, 11) is 0. The predicted octanol–water partition coefficient (Wildman–Crippen LogP) is 6.43. The summed E-state index contributed by atoms with van der Waals surface area (Å²) in [6, 6.07) is 15.4. The van der Waals surface area contributed by atoms with Crippen molar-refractivity contribution < 1.29 is 19.2 Å². The monoisotopic (exact) mass is 598 g/mol. The number of allylic oxidation sites excluding steroid dienone is 6. The Labute approximate surface area is 264 Å². The van der Waals surface area contributed by atoms with Gasteiger partial charge in [0.25, 0.3) is 0 Å². The van der Waals surface area contributed by atoms with Crippen molar-refractivity contribution >= 4 is 35.0 Å². The van der Waals surface area contributed by atoms with Gasteiger partial charge in [-0.3, -0.25) is 29.0 Å². The molecule has 2 saturated heterocycles. The van der Waals surface area contributed by atoms with Gasteiger partial charge in [0, 0.05) is 0 Å². The van der Waals surface area contributed by atoms with Crippen molar-refractivity contribution in [3.05, 3.63) is 109 Å². The van der Waals surface area contributed by atoms with Crippen LogP contribution in [-0.4, -0.2) is 23.6 Å². The molecule has 4 amide bonds. The van der Waals surface area contributed by atoms with Crippen molar-refractivity contribution in [2.24, 2.45) is 53.3 Å². The molecule has 0 spiro atoms. The molecule has 2 aromatic rings. The zero-order chi connectivity index (χ0) is 31.0. The van der Waals surface area contributed by atoms with Crippen LogP contribution in [0.15, 0.2) is 97.6 Å². The van der Waals surface area contributed by atoms with Gasteiger partial charge in [0.05, 0.1) is 35.0 Å². The van der Waals surface area contributed by atoms with Crippen LogP contribution >= 0.6 is 0 Å². The van der Waals surface area contributed by atoms with E-state index in [1.165, 1.54) is 15.4 Å². The highest BCUT2D eigenvalue weighted by Crippen LogP contribution is 2.58. The lowest BCUT2D eigenvalue weighted by molar-refractivity contribution is -0.124. The Balaban J connectivity index is 0.930. The summed E-state index contributed by atoms with van der Waals surface area (Å²) in [6.45, 7) is 7.66. The molecule has 4 aliphatic carbocycles. The molecule has 0 aromatic heterocycles. The minimum atomic E-state index is -0.250. The van der Waals surface area contributed by atoms with Crippen molar-refractivity contribution in [1.82, 2.24) is 0 Å². The number of benzene rings is 2. The van der Waals surface area contributed by atoms with E-state index in [1.807, 2.05) is 60.7 Å². The van der Waals surface area contributed by atoms with Gasteiger partial charge in [-0.05, 0) is 104 Å². The molecule has 4 bridgehead atoms. The highest BCUT2D eigenvalue weighted by Gasteiger charge is 2.63. The first kappa shape index (κ1) is 28.2. The van der Waals surface area contributed by atoms with Gasteiger partial charge in [-0.15, -0.1) is 13.2 Å². The Morgan fingerprint density at radius 3 is 1.71 bits per heavy atom. The third-order valence-corrected chi connectivity index (χ3v) is 11.6. The summed E-state index contributed by atoms with van der Waals surface area (Å²) in [5.41, 5.74) is 4.69. The molecule has 45 heavy (non-hydrogen) atoms. The Hall–Kier alpha value is -4.32. The molecule has 0 N–H and O–H groups in total. The SMILES string of the molecule is C=CCCC1=CC2CC1C1C(=O)N(c3ccc(Cc4ccc(N5C(=O)C6C7C=CC(C7CCC=C)C6C5=O)cc4)cc3)C(=O)C21. The molecule has 8 rings (SSSR count). The van der Waals surface area contributed by atoms with E-state index in [0.717, 1.165) is 43.2 Å². The van der Waals surface area contributed by atoms with Crippen LogP contribution in [-0.2, 0) is 25.6 Å². The summed E-state index contributed by atoms with van der Waals surface area (Å²) < 4.78 is 0. The summed E-state index contributed by atoms with van der Waals surface area (Å²) in [6.07, 6.45) is 15.7. The number of carbonyl (C=O) groups is 4. The van der Waals surface area contributed by atoms with Gasteiger partial charge < -0.3 is 0 Å². The number of rotatable bonds is 10. The molecule has 8 atom stereocenters. The first-order valence-electron chi connectivity index (χ1n) is 16.5. The fourth-order valence-corrected chi connectivity index (χ4v) is 9.72. The fourth-order valence-electron chi connectivity index (χ4n) is 9.72. The van der Waals surface area contributed by atoms with E-state index in [1.54, 1.807) is 0 Å². The minimum absolute atomic E-state index is 0.0590. The zero-order valence-corrected chi connectivity index (χ0v) is 25.4. The van der Waals surface area contributed by atoms with Crippen molar-refractivity contribution in [3.8, 4) is 0 Å². The largest absolute Gasteiger partial charge is 0.274 e. The van der Waals surface area contributed by atoms with Gasteiger partial charge in [-0.25, -0.2) is 0 Å². The third kappa shape index (κ3) is 4.14. The molecule has 228 valence electrons. The second-order valence-electron chi connectivity index (χ2n) is 13.8. The van der Waals surface area contributed by atoms with E-state index in [4.69, 9.17) is 0 Å². The van der Waals surface area contributed by atoms with E-state index in [2.05, 4.69) is 31.4 Å². The van der Waals surface area contributed by atoms with Gasteiger partial charge in [-0.2, -0.15) is 0 Å². The van der Waals surface area contributed by atoms with Gasteiger partial charge >= 0.3 is 0 Å². The van der Waals surface area contributed by atoms with Crippen LogP contribution in [0.25, 0.3) is 0 Å². The molecular weight excluding hydrogens is 560 g/mol. The van der Waals surface area contributed by atoms with E-state index in [9.17, 15) is 19.2 Å². The van der Waals surface area contributed by atoms with Crippen LogP contribution in [0.2, 0.25) is 0 Å². The molecule has 2 saturated carbocycles. The summed E-state index contributed by atoms with van der Waals surface area (Å²) in [4.78, 5) is 56.8. The van der Waals surface area contributed by atoms with Crippen molar-refractivity contribution in [2.45, 2.75) is 38.5 Å². The Morgan fingerprint density at radius 1 is 0.667 bits per heavy atom. The topological polar surface area (TPSA) is 74.8 Å². The van der Waals surface area contributed by atoms with E-state index in [0.29, 0.717) is 23.7 Å². The van der Waals surface area contributed by atoms with Crippen LogP contribution in [0.4, 0.5) is 11.4 Å². The highest BCUT2D eigenvalue weighted by molar-refractivity contribution is 6.23. The maximum Gasteiger partial charge on any atom is 0.238 e. The molecule has 6 heteroatoms. The zero-order valence-electron chi connectivity index (χ0n) is 25.4. The molecule has 2 aliphatic heterocycles. The lowest BCUT2D eigenvalue weighted by Crippen LogP contribution is -2.34. The second kappa shape index (κ2) is 10.6. The highest BCUT2D eigenvalue weighted by atomic mass is 16.2. The number of imide groups is 2. The summed E-state index contributed by atoms with van der Waals surface area (Å²) >= 11 is 0. The third-order valence-electron chi connectivity index (χ3n) is 11.6. The average molecular weight is 599 g/mol. The maximum atomic E-state index is 13.5. The number of fused-ring (bicyclic) bond motifs is 10. The standard InChI is InChI=1S/C39H38N2O4/c1-3-5-7-24-20-25-21-31(24)35-32(25)36(42)40(39(35)45)26-13-9-22(10-14-26)19-23-11-15-27(16-12-23)41-37(43)33-29-17-18-30(34(33)38(41)44)28(29)8-6-4-2/h3-4,9-18,20,25,28-35H,1-2,5-8,19,21H2. The van der Waals surface area contributed by atoms with Crippen LogP contribution in [0.1, 0.15) is 43.2 Å². The van der Waals surface area contributed by atoms with Crippen molar-refractivity contribution in [1.29, 1.82) is 0 Å². The molecule has 2 heterocycles.